The molecule has 1 aromatic heterocycles. The van der Waals surface area contributed by atoms with Crippen LogP contribution in [0.15, 0.2) is 64.1 Å². The molecule has 0 spiro atoms. The Bertz CT molecular complexity index is 1210. The number of rotatable bonds is 7. The summed E-state index contributed by atoms with van der Waals surface area (Å²) in [7, 11) is 3.04. The third-order valence-electron chi connectivity index (χ3n) is 5.40. The van der Waals surface area contributed by atoms with E-state index < -0.39 is 0 Å². The van der Waals surface area contributed by atoms with Gasteiger partial charge in [0.2, 0.25) is 0 Å². The summed E-state index contributed by atoms with van der Waals surface area (Å²) in [5.74, 6) is 1.33. The number of thioether (sulfide) groups is 1. The van der Waals surface area contributed by atoms with Gasteiger partial charge in [0.05, 0.1) is 42.4 Å². The van der Waals surface area contributed by atoms with Gasteiger partial charge < -0.3 is 13.9 Å². The molecule has 0 N–H and O–H groups in total. The SMILES string of the molecule is COc1ccc(N2C(=O)C(SCc3ccco3)=C(c3ccc(C)c(C)c3)C2=O)c(OC)c1. The quantitative estimate of drug-likeness (QED) is 0.466. The minimum absolute atomic E-state index is 0.373. The molecule has 164 valence electrons. The summed E-state index contributed by atoms with van der Waals surface area (Å²) in [5.41, 5.74) is 3.63. The monoisotopic (exact) mass is 449 g/mol. The average molecular weight is 450 g/mol. The van der Waals surface area contributed by atoms with Gasteiger partial charge in [0.15, 0.2) is 0 Å². The van der Waals surface area contributed by atoms with Crippen molar-refractivity contribution in [3.05, 3.63) is 82.1 Å². The number of methoxy groups -OCH3 is 2. The number of aryl methyl sites for hydroxylation is 2. The number of amides is 2. The summed E-state index contributed by atoms with van der Waals surface area (Å²) in [6.07, 6.45) is 1.59. The van der Waals surface area contributed by atoms with Crippen LogP contribution in [0.25, 0.3) is 5.57 Å². The van der Waals surface area contributed by atoms with Crippen LogP contribution in [0.1, 0.15) is 22.5 Å². The molecule has 0 radical (unpaired) electrons. The highest BCUT2D eigenvalue weighted by Crippen LogP contribution is 2.43. The number of ether oxygens (including phenoxy) is 2. The van der Waals surface area contributed by atoms with E-state index >= 15 is 0 Å². The van der Waals surface area contributed by atoms with Gasteiger partial charge in [-0.25, -0.2) is 4.90 Å². The molecule has 1 aliphatic rings. The number of hydrogen-bond acceptors (Lipinski definition) is 6. The highest BCUT2D eigenvalue weighted by Gasteiger charge is 2.41. The van der Waals surface area contributed by atoms with Gasteiger partial charge in [-0.1, -0.05) is 18.2 Å². The van der Waals surface area contributed by atoms with Gasteiger partial charge >= 0.3 is 0 Å². The zero-order chi connectivity index (χ0) is 22.8. The molecule has 0 atom stereocenters. The number of carbonyl (C=O) groups excluding carboxylic acids is 2. The predicted octanol–water partition coefficient (Wildman–Crippen LogP) is 5.13. The van der Waals surface area contributed by atoms with Crippen LogP contribution in [0.4, 0.5) is 5.69 Å². The van der Waals surface area contributed by atoms with Crippen molar-refractivity contribution >= 4 is 34.8 Å². The molecule has 0 aliphatic carbocycles. The number of nitrogens with zero attached hydrogens (tertiary/aromatic N) is 1. The minimum atomic E-state index is -0.386. The van der Waals surface area contributed by atoms with E-state index in [0.29, 0.717) is 39.0 Å². The molecule has 4 rings (SSSR count). The smallest absolute Gasteiger partial charge is 0.272 e. The molecular formula is C25H23NO5S. The zero-order valence-corrected chi connectivity index (χ0v) is 19.1. The second kappa shape index (κ2) is 8.96. The highest BCUT2D eigenvalue weighted by atomic mass is 32.2. The summed E-state index contributed by atoms with van der Waals surface area (Å²) >= 11 is 1.29. The molecule has 0 unspecified atom stereocenters. The van der Waals surface area contributed by atoms with Gasteiger partial charge in [-0.05, 0) is 54.8 Å². The Morgan fingerprint density at radius 3 is 2.41 bits per heavy atom. The van der Waals surface area contributed by atoms with E-state index in [2.05, 4.69) is 0 Å². The van der Waals surface area contributed by atoms with Crippen molar-refractivity contribution < 1.29 is 23.5 Å². The van der Waals surface area contributed by atoms with Crippen LogP contribution in [0.3, 0.4) is 0 Å². The predicted molar refractivity (Wildman–Crippen MR) is 125 cm³/mol. The molecule has 6 nitrogen and oxygen atoms in total. The van der Waals surface area contributed by atoms with Gasteiger partial charge in [-0.2, -0.15) is 0 Å². The lowest BCUT2D eigenvalue weighted by Crippen LogP contribution is -2.31. The minimum Gasteiger partial charge on any atom is -0.497 e. The first-order valence-corrected chi connectivity index (χ1v) is 11.0. The third kappa shape index (κ3) is 3.91. The second-order valence-corrected chi connectivity index (χ2v) is 8.34. The van der Waals surface area contributed by atoms with Gasteiger partial charge in [0.1, 0.15) is 17.3 Å². The second-order valence-electron chi connectivity index (χ2n) is 7.35. The van der Waals surface area contributed by atoms with Crippen LogP contribution in [-0.2, 0) is 15.3 Å². The highest BCUT2D eigenvalue weighted by molar-refractivity contribution is 8.03. The van der Waals surface area contributed by atoms with Crippen molar-refractivity contribution in [2.24, 2.45) is 0 Å². The molecule has 0 saturated heterocycles. The number of furan rings is 1. The van der Waals surface area contributed by atoms with E-state index in [0.717, 1.165) is 16.9 Å². The molecule has 7 heteroatoms. The van der Waals surface area contributed by atoms with E-state index in [1.807, 2.05) is 38.1 Å². The van der Waals surface area contributed by atoms with Crippen LogP contribution < -0.4 is 14.4 Å². The van der Waals surface area contributed by atoms with E-state index in [9.17, 15) is 9.59 Å². The first-order valence-electron chi connectivity index (χ1n) is 10.0. The number of hydrogen-bond donors (Lipinski definition) is 0. The van der Waals surface area contributed by atoms with Crippen LogP contribution in [0.5, 0.6) is 11.5 Å². The normalized spacial score (nSPS) is 13.8. The maximum atomic E-state index is 13.6. The fourth-order valence-corrected chi connectivity index (χ4v) is 4.54. The summed E-state index contributed by atoms with van der Waals surface area (Å²) < 4.78 is 16.1. The summed E-state index contributed by atoms with van der Waals surface area (Å²) in [6.45, 7) is 4.00. The van der Waals surface area contributed by atoms with E-state index in [1.54, 1.807) is 37.6 Å². The summed E-state index contributed by atoms with van der Waals surface area (Å²) in [6, 6.07) is 14.4. The van der Waals surface area contributed by atoms with Crippen molar-refractivity contribution in [2.75, 3.05) is 19.1 Å². The Morgan fingerprint density at radius 2 is 1.75 bits per heavy atom. The maximum absolute atomic E-state index is 13.6. The fourth-order valence-electron chi connectivity index (χ4n) is 3.52. The van der Waals surface area contributed by atoms with Crippen LogP contribution in [-0.4, -0.2) is 26.0 Å². The Kier molecular flexibility index (Phi) is 6.10. The first kappa shape index (κ1) is 21.8. The molecule has 2 aromatic carbocycles. The summed E-state index contributed by atoms with van der Waals surface area (Å²) in [5, 5.41) is 0. The molecular weight excluding hydrogens is 426 g/mol. The van der Waals surface area contributed by atoms with E-state index in [-0.39, 0.29) is 11.8 Å². The first-order chi connectivity index (χ1) is 15.4. The van der Waals surface area contributed by atoms with Crippen molar-refractivity contribution in [1.29, 1.82) is 0 Å². The maximum Gasteiger partial charge on any atom is 0.272 e. The molecule has 1 aliphatic heterocycles. The topological polar surface area (TPSA) is 69.0 Å². The molecule has 3 aromatic rings. The molecule has 0 bridgehead atoms. The lowest BCUT2D eigenvalue weighted by atomic mass is 10.0. The van der Waals surface area contributed by atoms with Crippen molar-refractivity contribution in [3.8, 4) is 11.5 Å². The van der Waals surface area contributed by atoms with Crippen LogP contribution in [0, 0.1) is 13.8 Å². The zero-order valence-electron chi connectivity index (χ0n) is 18.3. The van der Waals surface area contributed by atoms with E-state index in [4.69, 9.17) is 13.9 Å². The third-order valence-corrected chi connectivity index (χ3v) is 6.50. The van der Waals surface area contributed by atoms with E-state index in [1.165, 1.54) is 23.8 Å². The lowest BCUT2D eigenvalue weighted by Gasteiger charge is -2.19. The Morgan fingerprint density at radius 1 is 0.938 bits per heavy atom. The van der Waals surface area contributed by atoms with Gasteiger partial charge in [0, 0.05) is 6.07 Å². The Labute approximate surface area is 190 Å². The number of imide groups is 1. The molecule has 2 heterocycles. The number of benzene rings is 2. The average Bonchev–Trinajstić information content (AvgIpc) is 3.40. The van der Waals surface area contributed by atoms with Crippen molar-refractivity contribution in [2.45, 2.75) is 19.6 Å². The van der Waals surface area contributed by atoms with Crippen LogP contribution >= 0.6 is 11.8 Å². The van der Waals surface area contributed by atoms with Crippen molar-refractivity contribution in [3.63, 3.8) is 0 Å². The Balaban J connectivity index is 1.80. The summed E-state index contributed by atoms with van der Waals surface area (Å²) in [4.78, 5) is 28.7. The van der Waals surface area contributed by atoms with Crippen LogP contribution in [0.2, 0.25) is 0 Å². The van der Waals surface area contributed by atoms with Gasteiger partial charge in [0.25, 0.3) is 11.8 Å². The lowest BCUT2D eigenvalue weighted by molar-refractivity contribution is -0.119. The molecule has 0 fully saturated rings. The van der Waals surface area contributed by atoms with Gasteiger partial charge in [-0.15, -0.1) is 11.8 Å². The van der Waals surface area contributed by atoms with Crippen molar-refractivity contribution in [1.82, 2.24) is 0 Å². The molecule has 0 saturated carbocycles. The van der Waals surface area contributed by atoms with Gasteiger partial charge in [-0.3, -0.25) is 9.59 Å². The number of carbonyl (C=O) groups is 2. The molecule has 32 heavy (non-hydrogen) atoms. The number of anilines is 1. The largest absolute Gasteiger partial charge is 0.497 e. The standard InChI is InChI=1S/C25H23NO5S/c1-15-7-8-17(12-16(15)2)22-23(32-14-19-6-5-11-31-19)25(28)26(24(22)27)20-10-9-18(29-3)13-21(20)30-4/h5-13H,14H2,1-4H3. The Hall–Kier alpha value is -3.45. The molecule has 2 amide bonds. The fraction of sp³-hybridized carbons (Fsp3) is 0.200.